The van der Waals surface area contributed by atoms with Crippen LogP contribution in [-0.2, 0) is 4.79 Å². The van der Waals surface area contributed by atoms with Crippen molar-refractivity contribution < 1.29 is 9.90 Å². The molecular weight excluding hydrogens is 214 g/mol. The number of aliphatic hydroxyl groups is 1. The first-order valence-corrected chi connectivity index (χ1v) is 6.07. The average Bonchev–Trinajstić information content (AvgIpc) is 2.23. The lowest BCUT2D eigenvalue weighted by Gasteiger charge is -2.38. The van der Waals surface area contributed by atoms with E-state index in [-0.39, 0.29) is 12.5 Å². The van der Waals surface area contributed by atoms with Gasteiger partial charge in [0.25, 0.3) is 0 Å². The number of rotatable bonds is 3. The Morgan fingerprint density at radius 3 is 2.53 bits per heavy atom. The molecule has 0 heterocycles. The molecule has 3 heteroatoms. The highest BCUT2D eigenvalue weighted by Gasteiger charge is 2.43. The highest BCUT2D eigenvalue weighted by Crippen LogP contribution is 2.41. The van der Waals surface area contributed by atoms with Crippen LogP contribution >= 0.6 is 0 Å². The van der Waals surface area contributed by atoms with Crippen molar-refractivity contribution in [1.82, 2.24) is 0 Å². The van der Waals surface area contributed by atoms with Crippen molar-refractivity contribution in [2.75, 3.05) is 11.9 Å². The minimum Gasteiger partial charge on any atom is -0.395 e. The summed E-state index contributed by atoms with van der Waals surface area (Å²) < 4.78 is 0. The van der Waals surface area contributed by atoms with Crippen LogP contribution in [0.1, 0.15) is 30.4 Å². The maximum atomic E-state index is 12.1. The average molecular weight is 233 g/mol. The quantitative estimate of drug-likeness (QED) is 0.842. The molecule has 1 amide bonds. The van der Waals surface area contributed by atoms with Crippen LogP contribution in [0.2, 0.25) is 0 Å². The number of benzene rings is 1. The number of carbonyl (C=O) groups excluding carboxylic acids is 1. The number of nitrogens with one attached hydrogen (secondary N) is 1. The smallest absolute Gasteiger partial charge is 0.232 e. The minimum absolute atomic E-state index is 0.0468. The van der Waals surface area contributed by atoms with Gasteiger partial charge in [-0.05, 0) is 49.9 Å². The van der Waals surface area contributed by atoms with Crippen molar-refractivity contribution in [3.63, 3.8) is 0 Å². The Balaban J connectivity index is 2.10. The summed E-state index contributed by atoms with van der Waals surface area (Å²) in [6, 6.07) is 5.87. The van der Waals surface area contributed by atoms with E-state index < -0.39 is 5.41 Å². The van der Waals surface area contributed by atoms with E-state index in [0.717, 1.165) is 30.5 Å². The molecule has 0 unspecified atom stereocenters. The van der Waals surface area contributed by atoms with Gasteiger partial charge in [-0.25, -0.2) is 0 Å². The van der Waals surface area contributed by atoms with Gasteiger partial charge in [0.15, 0.2) is 0 Å². The van der Waals surface area contributed by atoms with Gasteiger partial charge in [-0.15, -0.1) is 0 Å². The summed E-state index contributed by atoms with van der Waals surface area (Å²) in [6.07, 6.45) is 2.61. The molecular formula is C14H19NO2. The molecule has 0 aliphatic heterocycles. The van der Waals surface area contributed by atoms with Crippen molar-refractivity contribution >= 4 is 11.6 Å². The number of aliphatic hydroxyl groups excluding tert-OH is 1. The minimum atomic E-state index is -0.529. The third-order valence-electron chi connectivity index (χ3n) is 3.86. The summed E-state index contributed by atoms with van der Waals surface area (Å²) in [5, 5.41) is 12.2. The SMILES string of the molecule is Cc1ccc(NC(=O)C2(CO)CCC2)cc1C. The first-order chi connectivity index (χ1) is 8.07. The van der Waals surface area contributed by atoms with Crippen LogP contribution in [0, 0.1) is 19.3 Å². The van der Waals surface area contributed by atoms with Gasteiger partial charge in [-0.3, -0.25) is 4.79 Å². The summed E-state index contributed by atoms with van der Waals surface area (Å²) in [5.41, 5.74) is 2.66. The Morgan fingerprint density at radius 1 is 1.35 bits per heavy atom. The normalized spacial score (nSPS) is 17.4. The molecule has 92 valence electrons. The zero-order chi connectivity index (χ0) is 12.5. The van der Waals surface area contributed by atoms with Crippen LogP contribution in [0.3, 0.4) is 0 Å². The number of hydrogen-bond donors (Lipinski definition) is 2. The van der Waals surface area contributed by atoms with Crippen molar-refractivity contribution in [3.8, 4) is 0 Å². The highest BCUT2D eigenvalue weighted by atomic mass is 16.3. The lowest BCUT2D eigenvalue weighted by atomic mass is 9.68. The number of amides is 1. The molecule has 1 saturated carbocycles. The summed E-state index contributed by atoms with van der Waals surface area (Å²) >= 11 is 0. The molecule has 0 radical (unpaired) electrons. The molecule has 1 aliphatic rings. The zero-order valence-corrected chi connectivity index (χ0v) is 10.4. The van der Waals surface area contributed by atoms with E-state index in [9.17, 15) is 9.90 Å². The lowest BCUT2D eigenvalue weighted by molar-refractivity contribution is -0.133. The largest absolute Gasteiger partial charge is 0.395 e. The predicted molar refractivity (Wildman–Crippen MR) is 67.9 cm³/mol. The van der Waals surface area contributed by atoms with Gasteiger partial charge < -0.3 is 10.4 Å². The number of anilines is 1. The Morgan fingerprint density at radius 2 is 2.06 bits per heavy atom. The van der Waals surface area contributed by atoms with Gasteiger partial charge >= 0.3 is 0 Å². The Labute approximate surface area is 102 Å². The van der Waals surface area contributed by atoms with Crippen LogP contribution in [-0.4, -0.2) is 17.6 Å². The monoisotopic (exact) mass is 233 g/mol. The molecule has 2 N–H and O–H groups in total. The third-order valence-corrected chi connectivity index (χ3v) is 3.86. The van der Waals surface area contributed by atoms with Gasteiger partial charge in [0.05, 0.1) is 12.0 Å². The molecule has 1 aliphatic carbocycles. The lowest BCUT2D eigenvalue weighted by Crippen LogP contribution is -2.44. The summed E-state index contributed by atoms with van der Waals surface area (Å²) in [5.74, 6) is -0.0468. The third kappa shape index (κ3) is 2.20. The first kappa shape index (κ1) is 12.1. The Hall–Kier alpha value is -1.35. The van der Waals surface area contributed by atoms with Gasteiger partial charge in [0, 0.05) is 5.69 Å². The van der Waals surface area contributed by atoms with Crippen LogP contribution < -0.4 is 5.32 Å². The van der Waals surface area contributed by atoms with Crippen molar-refractivity contribution in [1.29, 1.82) is 0 Å². The van der Waals surface area contributed by atoms with E-state index >= 15 is 0 Å². The van der Waals surface area contributed by atoms with Gasteiger partial charge in [0.2, 0.25) is 5.91 Å². The molecule has 1 aromatic rings. The standard InChI is InChI=1S/C14H19NO2/c1-10-4-5-12(8-11(10)2)15-13(17)14(9-16)6-3-7-14/h4-5,8,16H,3,6-7,9H2,1-2H3,(H,15,17). The second-order valence-electron chi connectivity index (χ2n) is 5.05. The summed E-state index contributed by atoms with van der Waals surface area (Å²) in [7, 11) is 0. The molecule has 0 bridgehead atoms. The molecule has 1 fully saturated rings. The summed E-state index contributed by atoms with van der Waals surface area (Å²) in [6.45, 7) is 4.02. The molecule has 0 atom stereocenters. The van der Waals surface area contributed by atoms with Crippen LogP contribution in [0.25, 0.3) is 0 Å². The molecule has 1 aromatic carbocycles. The fourth-order valence-electron chi connectivity index (χ4n) is 2.14. The summed E-state index contributed by atoms with van der Waals surface area (Å²) in [4.78, 5) is 12.1. The zero-order valence-electron chi connectivity index (χ0n) is 10.4. The fourth-order valence-corrected chi connectivity index (χ4v) is 2.14. The van der Waals surface area contributed by atoms with E-state index in [1.807, 2.05) is 32.0 Å². The number of aryl methyl sites for hydroxylation is 2. The number of carbonyl (C=O) groups is 1. The van der Waals surface area contributed by atoms with Crippen molar-refractivity contribution in [3.05, 3.63) is 29.3 Å². The fraction of sp³-hybridized carbons (Fsp3) is 0.500. The van der Waals surface area contributed by atoms with Crippen LogP contribution in [0.15, 0.2) is 18.2 Å². The topological polar surface area (TPSA) is 49.3 Å². The molecule has 0 aromatic heterocycles. The Kier molecular flexibility index (Phi) is 3.20. The molecule has 17 heavy (non-hydrogen) atoms. The molecule has 2 rings (SSSR count). The first-order valence-electron chi connectivity index (χ1n) is 6.07. The second-order valence-corrected chi connectivity index (χ2v) is 5.05. The van der Waals surface area contributed by atoms with Crippen molar-refractivity contribution in [2.24, 2.45) is 5.41 Å². The predicted octanol–water partition coefficient (Wildman–Crippen LogP) is 2.40. The maximum absolute atomic E-state index is 12.1. The van der Waals surface area contributed by atoms with Crippen molar-refractivity contribution in [2.45, 2.75) is 33.1 Å². The van der Waals surface area contributed by atoms with E-state index in [1.54, 1.807) is 0 Å². The van der Waals surface area contributed by atoms with E-state index in [0.29, 0.717) is 0 Å². The van der Waals surface area contributed by atoms with E-state index in [4.69, 9.17) is 0 Å². The Bertz CT molecular complexity index is 430. The van der Waals surface area contributed by atoms with E-state index in [1.165, 1.54) is 5.56 Å². The van der Waals surface area contributed by atoms with E-state index in [2.05, 4.69) is 5.32 Å². The van der Waals surface area contributed by atoms with Crippen LogP contribution in [0.5, 0.6) is 0 Å². The van der Waals surface area contributed by atoms with Gasteiger partial charge in [-0.2, -0.15) is 0 Å². The molecule has 0 saturated heterocycles. The molecule has 0 spiro atoms. The van der Waals surface area contributed by atoms with Crippen LogP contribution in [0.4, 0.5) is 5.69 Å². The van der Waals surface area contributed by atoms with Gasteiger partial charge in [0.1, 0.15) is 0 Å². The maximum Gasteiger partial charge on any atom is 0.232 e. The second kappa shape index (κ2) is 4.49. The number of hydrogen-bond acceptors (Lipinski definition) is 2. The molecule has 3 nitrogen and oxygen atoms in total. The van der Waals surface area contributed by atoms with Gasteiger partial charge in [-0.1, -0.05) is 12.5 Å². The highest BCUT2D eigenvalue weighted by molar-refractivity contribution is 5.96.